The van der Waals surface area contributed by atoms with E-state index in [0.717, 1.165) is 16.7 Å². The Bertz CT molecular complexity index is 1660. The van der Waals surface area contributed by atoms with E-state index < -0.39 is 12.1 Å². The molecule has 9 heteroatoms. The predicted molar refractivity (Wildman–Crippen MR) is 202 cm³/mol. The second-order valence-electron chi connectivity index (χ2n) is 13.2. The van der Waals surface area contributed by atoms with Crippen molar-refractivity contribution in [3.63, 3.8) is 0 Å². The Morgan fingerprint density at radius 3 is 1.45 bits per heavy atom. The number of benzene rings is 4. The molecule has 0 aliphatic rings. The highest BCUT2D eigenvalue weighted by Crippen LogP contribution is 2.13. The van der Waals surface area contributed by atoms with E-state index in [2.05, 4.69) is 50.8 Å². The summed E-state index contributed by atoms with van der Waals surface area (Å²) in [5, 5.41) is 15.2. The Balaban J connectivity index is 1.44. The van der Waals surface area contributed by atoms with Crippen LogP contribution in [-0.4, -0.2) is 60.9 Å². The lowest BCUT2D eigenvalue weighted by molar-refractivity contribution is -0.130. The van der Waals surface area contributed by atoms with Gasteiger partial charge in [-0.25, -0.2) is 0 Å². The maximum atomic E-state index is 13.7. The molecule has 51 heavy (non-hydrogen) atoms. The third kappa shape index (κ3) is 12.5. The SMILES string of the molecule is CCNC(=O)[C@@H](NC(=O)[C@H](C)NC[C@H](Cc1ccccc1)NC(=O)c1cccc(C(=O)NC(Cc2ccccc2)Cc2ccccc2)c1)C(C)C. The minimum Gasteiger partial charge on any atom is -0.355 e. The summed E-state index contributed by atoms with van der Waals surface area (Å²) in [6.07, 6.45) is 1.84. The van der Waals surface area contributed by atoms with Gasteiger partial charge in [0.1, 0.15) is 6.04 Å². The smallest absolute Gasteiger partial charge is 0.251 e. The summed E-state index contributed by atoms with van der Waals surface area (Å²) in [4.78, 5) is 52.9. The van der Waals surface area contributed by atoms with Gasteiger partial charge in [0.15, 0.2) is 0 Å². The molecule has 0 unspecified atom stereocenters. The number of carbonyl (C=O) groups is 4. The zero-order valence-electron chi connectivity index (χ0n) is 30.0. The minimum atomic E-state index is -0.655. The molecule has 0 saturated carbocycles. The van der Waals surface area contributed by atoms with Gasteiger partial charge in [0.25, 0.3) is 11.8 Å². The van der Waals surface area contributed by atoms with Crippen LogP contribution < -0.4 is 26.6 Å². The number of likely N-dealkylation sites (N-methyl/N-ethyl adjacent to an activating group) is 1. The Hall–Kier alpha value is -5.28. The molecule has 4 aromatic rings. The maximum Gasteiger partial charge on any atom is 0.251 e. The number of amides is 4. The van der Waals surface area contributed by atoms with E-state index in [1.165, 1.54) is 0 Å². The molecule has 0 aliphatic carbocycles. The summed E-state index contributed by atoms with van der Waals surface area (Å²) in [5.74, 6) is -1.20. The van der Waals surface area contributed by atoms with Gasteiger partial charge in [0.2, 0.25) is 11.8 Å². The molecule has 4 amide bonds. The van der Waals surface area contributed by atoms with E-state index in [1.54, 1.807) is 31.2 Å². The summed E-state index contributed by atoms with van der Waals surface area (Å²) in [5.41, 5.74) is 4.02. The fourth-order valence-corrected chi connectivity index (χ4v) is 5.89. The molecule has 0 bridgehead atoms. The second kappa shape index (κ2) is 19.8. The van der Waals surface area contributed by atoms with Gasteiger partial charge in [-0.1, -0.05) is 111 Å². The van der Waals surface area contributed by atoms with Crippen LogP contribution in [0.3, 0.4) is 0 Å². The Morgan fingerprint density at radius 1 is 0.549 bits per heavy atom. The number of rotatable bonds is 18. The van der Waals surface area contributed by atoms with E-state index in [4.69, 9.17) is 0 Å². The Morgan fingerprint density at radius 2 is 1.00 bits per heavy atom. The first-order chi connectivity index (χ1) is 24.6. The van der Waals surface area contributed by atoms with Gasteiger partial charge < -0.3 is 26.6 Å². The van der Waals surface area contributed by atoms with Crippen molar-refractivity contribution >= 4 is 23.6 Å². The van der Waals surface area contributed by atoms with Crippen LogP contribution in [0.5, 0.6) is 0 Å². The van der Waals surface area contributed by atoms with E-state index >= 15 is 0 Å². The molecule has 4 aromatic carbocycles. The van der Waals surface area contributed by atoms with Gasteiger partial charge in [-0.3, -0.25) is 19.2 Å². The number of hydrogen-bond acceptors (Lipinski definition) is 5. The zero-order chi connectivity index (χ0) is 36.6. The first-order valence-electron chi connectivity index (χ1n) is 17.8. The Kier molecular flexibility index (Phi) is 14.9. The van der Waals surface area contributed by atoms with Crippen LogP contribution >= 0.6 is 0 Å². The van der Waals surface area contributed by atoms with Crippen molar-refractivity contribution in [2.75, 3.05) is 13.1 Å². The average Bonchev–Trinajstić information content (AvgIpc) is 3.13. The summed E-state index contributed by atoms with van der Waals surface area (Å²) in [6.45, 7) is 8.11. The lowest BCUT2D eigenvalue weighted by Gasteiger charge is -2.25. The molecule has 0 aliphatic heterocycles. The molecule has 0 spiro atoms. The van der Waals surface area contributed by atoms with Crippen molar-refractivity contribution in [1.29, 1.82) is 0 Å². The highest BCUT2D eigenvalue weighted by molar-refractivity contribution is 6.00. The zero-order valence-corrected chi connectivity index (χ0v) is 30.0. The van der Waals surface area contributed by atoms with Crippen LogP contribution in [-0.2, 0) is 28.9 Å². The van der Waals surface area contributed by atoms with Crippen molar-refractivity contribution in [2.24, 2.45) is 5.92 Å². The van der Waals surface area contributed by atoms with Gasteiger partial charge in [-0.05, 0) is 73.9 Å². The predicted octanol–water partition coefficient (Wildman–Crippen LogP) is 4.87. The standard InChI is InChI=1S/C42H51N5O4/c1-5-43-42(51)38(29(2)3)47-39(48)30(4)44-28-37(26-33-20-13-8-14-21-33)46-41(50)35-23-15-22-34(27-35)40(49)45-36(24-31-16-9-6-10-17-31)25-32-18-11-7-12-19-32/h6-23,27,29-30,36-38,44H,5,24-26,28H2,1-4H3,(H,43,51)(H,45,49)(H,46,50)(H,47,48)/t30-,37-,38-/m0/s1. The molecular formula is C42H51N5O4. The normalized spacial score (nSPS) is 12.8. The molecule has 0 fully saturated rings. The van der Waals surface area contributed by atoms with Gasteiger partial charge >= 0.3 is 0 Å². The summed E-state index contributed by atoms with van der Waals surface area (Å²) in [6, 6.07) is 34.8. The Labute approximate surface area is 302 Å². The van der Waals surface area contributed by atoms with Crippen LogP contribution in [0, 0.1) is 5.92 Å². The topological polar surface area (TPSA) is 128 Å². The van der Waals surface area contributed by atoms with E-state index in [1.807, 2.05) is 87.5 Å². The van der Waals surface area contributed by atoms with Crippen LogP contribution in [0.15, 0.2) is 115 Å². The molecule has 5 N–H and O–H groups in total. The van der Waals surface area contributed by atoms with Crippen molar-refractivity contribution in [2.45, 2.75) is 71.1 Å². The van der Waals surface area contributed by atoms with Gasteiger partial charge in [0.05, 0.1) is 6.04 Å². The summed E-state index contributed by atoms with van der Waals surface area (Å²) in [7, 11) is 0. The van der Waals surface area contributed by atoms with E-state index in [-0.39, 0.29) is 41.6 Å². The van der Waals surface area contributed by atoms with Crippen LogP contribution in [0.1, 0.15) is 65.1 Å². The average molecular weight is 690 g/mol. The quantitative estimate of drug-likeness (QED) is 0.102. The molecule has 9 nitrogen and oxygen atoms in total. The fraction of sp³-hybridized carbons (Fsp3) is 0.333. The number of nitrogens with one attached hydrogen (secondary N) is 5. The van der Waals surface area contributed by atoms with Gasteiger partial charge in [0, 0.05) is 36.3 Å². The first kappa shape index (κ1) is 38.5. The lowest BCUT2D eigenvalue weighted by atomic mass is 9.98. The van der Waals surface area contributed by atoms with Crippen LogP contribution in [0.2, 0.25) is 0 Å². The first-order valence-corrected chi connectivity index (χ1v) is 17.8. The maximum absolute atomic E-state index is 13.7. The molecule has 0 radical (unpaired) electrons. The third-order valence-electron chi connectivity index (χ3n) is 8.69. The number of hydrogen-bond donors (Lipinski definition) is 5. The van der Waals surface area contributed by atoms with Gasteiger partial charge in [-0.2, -0.15) is 0 Å². The number of carbonyl (C=O) groups excluding carboxylic acids is 4. The molecule has 3 atom stereocenters. The second-order valence-corrected chi connectivity index (χ2v) is 13.2. The van der Waals surface area contributed by atoms with E-state index in [9.17, 15) is 19.2 Å². The fourth-order valence-electron chi connectivity index (χ4n) is 5.89. The van der Waals surface area contributed by atoms with Crippen molar-refractivity contribution in [3.05, 3.63) is 143 Å². The monoisotopic (exact) mass is 689 g/mol. The van der Waals surface area contributed by atoms with Crippen LogP contribution in [0.4, 0.5) is 0 Å². The minimum absolute atomic E-state index is 0.0886. The molecule has 4 rings (SSSR count). The van der Waals surface area contributed by atoms with Crippen molar-refractivity contribution < 1.29 is 19.2 Å². The van der Waals surface area contributed by atoms with E-state index in [0.29, 0.717) is 43.5 Å². The van der Waals surface area contributed by atoms with Crippen molar-refractivity contribution in [3.8, 4) is 0 Å². The molecule has 0 aromatic heterocycles. The lowest BCUT2D eigenvalue weighted by Crippen LogP contribution is -2.55. The molecule has 0 heterocycles. The summed E-state index contributed by atoms with van der Waals surface area (Å²) < 4.78 is 0. The van der Waals surface area contributed by atoms with Crippen molar-refractivity contribution in [1.82, 2.24) is 26.6 Å². The van der Waals surface area contributed by atoms with Crippen LogP contribution in [0.25, 0.3) is 0 Å². The summed E-state index contributed by atoms with van der Waals surface area (Å²) >= 11 is 0. The highest BCUT2D eigenvalue weighted by Gasteiger charge is 2.26. The molecule has 0 saturated heterocycles. The molecule has 268 valence electrons. The largest absolute Gasteiger partial charge is 0.355 e. The highest BCUT2D eigenvalue weighted by atomic mass is 16.2. The third-order valence-corrected chi connectivity index (χ3v) is 8.69. The molecular weight excluding hydrogens is 638 g/mol. The van der Waals surface area contributed by atoms with Gasteiger partial charge in [-0.15, -0.1) is 0 Å².